The van der Waals surface area contributed by atoms with Crippen molar-refractivity contribution in [2.75, 3.05) is 32.8 Å². The Hall–Kier alpha value is -0.770. The summed E-state index contributed by atoms with van der Waals surface area (Å²) in [5, 5.41) is 3.51. The van der Waals surface area contributed by atoms with Crippen molar-refractivity contribution in [1.82, 2.24) is 10.2 Å². The number of fused-ring (bicyclic) bond motifs is 1. The number of rotatable bonds is 5. The molecule has 0 saturated carbocycles. The molecule has 2 heterocycles. The molecule has 3 rings (SSSR count). The maximum atomic E-state index is 5.75. The van der Waals surface area contributed by atoms with Gasteiger partial charge in [0.2, 0.25) is 0 Å². The van der Waals surface area contributed by atoms with Crippen LogP contribution in [-0.4, -0.2) is 37.7 Å². The summed E-state index contributed by atoms with van der Waals surface area (Å²) in [4.78, 5) is 2.63. The molecule has 0 amide bonds. The van der Waals surface area contributed by atoms with E-state index in [-0.39, 0.29) is 12.4 Å². The first-order valence-corrected chi connectivity index (χ1v) is 8.36. The molecule has 3 nitrogen and oxygen atoms in total. The number of benzene rings is 1. The van der Waals surface area contributed by atoms with Crippen LogP contribution in [0.15, 0.2) is 18.2 Å². The van der Waals surface area contributed by atoms with Gasteiger partial charge in [0.1, 0.15) is 5.75 Å². The molecule has 4 heteroatoms. The van der Waals surface area contributed by atoms with Crippen molar-refractivity contribution in [2.45, 2.75) is 39.7 Å². The van der Waals surface area contributed by atoms with Gasteiger partial charge in [0.05, 0.1) is 6.61 Å². The fourth-order valence-corrected chi connectivity index (χ4v) is 3.58. The van der Waals surface area contributed by atoms with Crippen LogP contribution in [0, 0.1) is 5.41 Å². The lowest BCUT2D eigenvalue weighted by atomic mass is 9.88. The Bertz CT molecular complexity index is 486. The molecule has 2 aliphatic heterocycles. The first kappa shape index (κ1) is 17.6. The zero-order valence-corrected chi connectivity index (χ0v) is 14.7. The molecule has 1 saturated heterocycles. The molecule has 1 atom stereocenters. The van der Waals surface area contributed by atoms with E-state index < -0.39 is 0 Å². The Labute approximate surface area is 140 Å². The normalized spacial score (nSPS) is 24.6. The second-order valence-electron chi connectivity index (χ2n) is 6.98. The second kappa shape index (κ2) is 7.67. The van der Waals surface area contributed by atoms with Crippen molar-refractivity contribution in [2.24, 2.45) is 5.41 Å². The lowest BCUT2D eigenvalue weighted by Crippen LogP contribution is -2.40. The zero-order chi connectivity index (χ0) is 14.7. The van der Waals surface area contributed by atoms with Crippen LogP contribution in [0.1, 0.15) is 37.8 Å². The molecule has 1 N–H and O–H groups in total. The van der Waals surface area contributed by atoms with E-state index in [2.05, 4.69) is 42.3 Å². The Morgan fingerprint density at radius 2 is 2.18 bits per heavy atom. The summed E-state index contributed by atoms with van der Waals surface area (Å²) in [5.41, 5.74) is 3.43. The molecule has 0 aromatic heterocycles. The number of hydrogen-bond acceptors (Lipinski definition) is 3. The van der Waals surface area contributed by atoms with E-state index in [4.69, 9.17) is 4.74 Å². The van der Waals surface area contributed by atoms with E-state index >= 15 is 0 Å². The molecular formula is C18H29ClN2O. The predicted molar refractivity (Wildman–Crippen MR) is 94.1 cm³/mol. The van der Waals surface area contributed by atoms with Gasteiger partial charge in [-0.2, -0.15) is 0 Å². The van der Waals surface area contributed by atoms with Crippen LogP contribution in [0.2, 0.25) is 0 Å². The predicted octanol–water partition coefficient (Wildman–Crippen LogP) is 3.25. The SMILES string of the molecule is CCCOc1ccc2c(c1)CCN(CC1(C)CCNC1)C2.Cl. The summed E-state index contributed by atoms with van der Waals surface area (Å²) in [6.07, 6.45) is 3.53. The lowest BCUT2D eigenvalue weighted by Gasteiger charge is -2.35. The first-order chi connectivity index (χ1) is 10.2. The van der Waals surface area contributed by atoms with Crippen LogP contribution in [0.4, 0.5) is 0 Å². The number of hydrogen-bond donors (Lipinski definition) is 1. The molecule has 0 radical (unpaired) electrons. The van der Waals surface area contributed by atoms with E-state index in [0.717, 1.165) is 31.7 Å². The van der Waals surface area contributed by atoms with Gasteiger partial charge in [-0.1, -0.05) is 19.9 Å². The Morgan fingerprint density at radius 3 is 2.91 bits per heavy atom. The third-order valence-electron chi connectivity index (χ3n) is 4.80. The third kappa shape index (κ3) is 4.15. The van der Waals surface area contributed by atoms with Crippen LogP contribution in [0.25, 0.3) is 0 Å². The standard InChI is InChI=1S/C18H28N2O.ClH/c1-3-10-21-17-5-4-16-12-20(9-6-15(16)11-17)14-18(2)7-8-19-13-18;/h4-5,11,19H,3,6-10,12-14H2,1-2H3;1H. The maximum absolute atomic E-state index is 5.75. The molecule has 22 heavy (non-hydrogen) atoms. The Kier molecular flexibility index (Phi) is 6.13. The van der Waals surface area contributed by atoms with Crippen molar-refractivity contribution < 1.29 is 4.74 Å². The highest BCUT2D eigenvalue weighted by Crippen LogP contribution is 2.29. The third-order valence-corrected chi connectivity index (χ3v) is 4.80. The van der Waals surface area contributed by atoms with Gasteiger partial charge in [0, 0.05) is 26.2 Å². The van der Waals surface area contributed by atoms with Gasteiger partial charge >= 0.3 is 0 Å². The minimum Gasteiger partial charge on any atom is -0.494 e. The molecule has 0 bridgehead atoms. The highest BCUT2D eigenvalue weighted by atomic mass is 35.5. The van der Waals surface area contributed by atoms with Gasteiger partial charge in [0.15, 0.2) is 0 Å². The fourth-order valence-electron chi connectivity index (χ4n) is 3.58. The van der Waals surface area contributed by atoms with Gasteiger partial charge in [-0.3, -0.25) is 4.90 Å². The average Bonchev–Trinajstić information content (AvgIpc) is 2.91. The smallest absolute Gasteiger partial charge is 0.119 e. The van der Waals surface area contributed by atoms with Crippen LogP contribution in [0.5, 0.6) is 5.75 Å². The van der Waals surface area contributed by atoms with Crippen molar-refractivity contribution in [3.8, 4) is 5.75 Å². The van der Waals surface area contributed by atoms with Gasteiger partial charge in [-0.15, -0.1) is 12.4 Å². The summed E-state index contributed by atoms with van der Waals surface area (Å²) in [5.74, 6) is 1.04. The van der Waals surface area contributed by atoms with E-state index in [1.165, 1.54) is 43.7 Å². The number of halogens is 1. The highest BCUT2D eigenvalue weighted by molar-refractivity contribution is 5.85. The molecule has 1 aromatic rings. The van der Waals surface area contributed by atoms with Crippen molar-refractivity contribution in [3.63, 3.8) is 0 Å². The van der Waals surface area contributed by atoms with E-state index in [9.17, 15) is 0 Å². The van der Waals surface area contributed by atoms with Gasteiger partial charge < -0.3 is 10.1 Å². The topological polar surface area (TPSA) is 24.5 Å². The van der Waals surface area contributed by atoms with Gasteiger partial charge in [-0.05, 0) is 54.5 Å². The van der Waals surface area contributed by atoms with Crippen LogP contribution in [-0.2, 0) is 13.0 Å². The molecule has 124 valence electrons. The van der Waals surface area contributed by atoms with Crippen molar-refractivity contribution in [1.29, 1.82) is 0 Å². The van der Waals surface area contributed by atoms with Crippen LogP contribution in [0.3, 0.4) is 0 Å². The molecule has 1 fully saturated rings. The van der Waals surface area contributed by atoms with Crippen molar-refractivity contribution >= 4 is 12.4 Å². The molecule has 0 aliphatic carbocycles. The molecular weight excluding hydrogens is 296 g/mol. The Morgan fingerprint density at radius 1 is 1.32 bits per heavy atom. The van der Waals surface area contributed by atoms with Crippen LogP contribution >= 0.6 is 12.4 Å². The summed E-state index contributed by atoms with van der Waals surface area (Å²) < 4.78 is 5.75. The number of nitrogens with zero attached hydrogens (tertiary/aromatic N) is 1. The van der Waals surface area contributed by atoms with E-state index in [1.807, 2.05) is 0 Å². The minimum absolute atomic E-state index is 0. The Balaban J connectivity index is 0.00000176. The summed E-state index contributed by atoms with van der Waals surface area (Å²) in [7, 11) is 0. The summed E-state index contributed by atoms with van der Waals surface area (Å²) in [6.45, 7) is 11.2. The zero-order valence-electron chi connectivity index (χ0n) is 13.9. The van der Waals surface area contributed by atoms with E-state index in [0.29, 0.717) is 5.41 Å². The van der Waals surface area contributed by atoms with Crippen molar-refractivity contribution in [3.05, 3.63) is 29.3 Å². The molecule has 0 spiro atoms. The van der Waals surface area contributed by atoms with Gasteiger partial charge in [0.25, 0.3) is 0 Å². The summed E-state index contributed by atoms with van der Waals surface area (Å²) in [6, 6.07) is 6.65. The number of ether oxygens (including phenoxy) is 1. The number of nitrogens with one attached hydrogen (secondary N) is 1. The first-order valence-electron chi connectivity index (χ1n) is 8.36. The monoisotopic (exact) mass is 324 g/mol. The largest absolute Gasteiger partial charge is 0.494 e. The summed E-state index contributed by atoms with van der Waals surface area (Å²) >= 11 is 0. The quantitative estimate of drug-likeness (QED) is 0.899. The average molecular weight is 325 g/mol. The second-order valence-corrected chi connectivity index (χ2v) is 6.98. The fraction of sp³-hybridized carbons (Fsp3) is 0.667. The van der Waals surface area contributed by atoms with Gasteiger partial charge in [-0.25, -0.2) is 0 Å². The van der Waals surface area contributed by atoms with Crippen LogP contribution < -0.4 is 10.1 Å². The molecule has 2 aliphatic rings. The minimum atomic E-state index is 0. The molecule has 1 unspecified atom stereocenters. The lowest BCUT2D eigenvalue weighted by molar-refractivity contribution is 0.164. The van der Waals surface area contributed by atoms with E-state index in [1.54, 1.807) is 0 Å². The highest BCUT2D eigenvalue weighted by Gasteiger charge is 2.31. The maximum Gasteiger partial charge on any atom is 0.119 e. The molecule has 1 aromatic carbocycles.